The first-order valence-corrected chi connectivity index (χ1v) is 4.44. The van der Waals surface area contributed by atoms with Gasteiger partial charge in [-0.2, -0.15) is 13.2 Å². The van der Waals surface area contributed by atoms with Gasteiger partial charge in [-0.15, -0.1) is 0 Å². The number of methoxy groups -OCH3 is 1. The second-order valence-corrected chi connectivity index (χ2v) is 3.16. The summed E-state index contributed by atoms with van der Waals surface area (Å²) in [5.41, 5.74) is -0.976. The highest BCUT2D eigenvalue weighted by atomic mass is 19.4. The molecule has 1 rings (SSSR count). The molecule has 90 valence electrons. The molecule has 0 bridgehead atoms. The van der Waals surface area contributed by atoms with Crippen LogP contribution in [0.1, 0.15) is 17.2 Å². The summed E-state index contributed by atoms with van der Waals surface area (Å²) in [6, 6.07) is 3.14. The van der Waals surface area contributed by atoms with Crippen molar-refractivity contribution in [2.24, 2.45) is 0 Å². The predicted molar refractivity (Wildman–Crippen MR) is 50.0 cm³/mol. The van der Waals surface area contributed by atoms with E-state index in [1.807, 2.05) is 0 Å². The van der Waals surface area contributed by atoms with Crippen molar-refractivity contribution in [2.45, 2.75) is 12.3 Å². The van der Waals surface area contributed by atoms with Crippen molar-refractivity contribution in [3.05, 3.63) is 29.3 Å². The fourth-order valence-corrected chi connectivity index (χ4v) is 1.26. The van der Waals surface area contributed by atoms with E-state index in [-0.39, 0.29) is 11.3 Å². The number of ether oxygens (including phenoxy) is 1. The fourth-order valence-electron chi connectivity index (χ4n) is 1.26. The first kappa shape index (κ1) is 12.8. The maximum Gasteiger partial charge on any atom is 0.419 e. The van der Waals surface area contributed by atoms with Crippen molar-refractivity contribution < 1.29 is 28.1 Å². The van der Waals surface area contributed by atoms with Crippen molar-refractivity contribution in [1.29, 1.82) is 0 Å². The molecule has 0 saturated carbocycles. The van der Waals surface area contributed by atoms with Crippen molar-refractivity contribution in [3.63, 3.8) is 0 Å². The van der Waals surface area contributed by atoms with Crippen molar-refractivity contribution in [1.82, 2.24) is 0 Å². The topological polar surface area (TPSA) is 49.7 Å². The predicted octanol–water partition coefficient (Wildman–Crippen LogP) is 1.74. The third kappa shape index (κ3) is 2.65. The second-order valence-electron chi connectivity index (χ2n) is 3.16. The van der Waals surface area contributed by atoms with Crippen LogP contribution in [0.15, 0.2) is 18.2 Å². The third-order valence-corrected chi connectivity index (χ3v) is 2.09. The molecule has 16 heavy (non-hydrogen) atoms. The number of halogens is 3. The molecule has 0 heterocycles. The van der Waals surface area contributed by atoms with Crippen LogP contribution in [0.3, 0.4) is 0 Å². The maximum atomic E-state index is 12.6. The average molecular weight is 236 g/mol. The van der Waals surface area contributed by atoms with Gasteiger partial charge in [-0.25, -0.2) is 0 Å². The van der Waals surface area contributed by atoms with Gasteiger partial charge in [0.1, 0.15) is 11.9 Å². The molecular weight excluding hydrogens is 225 g/mol. The maximum absolute atomic E-state index is 12.6. The molecule has 1 atom stereocenters. The zero-order valence-electron chi connectivity index (χ0n) is 8.45. The van der Waals surface area contributed by atoms with Gasteiger partial charge in [-0.1, -0.05) is 6.07 Å². The van der Waals surface area contributed by atoms with Crippen LogP contribution in [0, 0.1) is 0 Å². The summed E-state index contributed by atoms with van der Waals surface area (Å²) in [5, 5.41) is 17.9. The fraction of sp³-hybridized carbons (Fsp3) is 0.400. The lowest BCUT2D eigenvalue weighted by molar-refractivity contribution is -0.138. The number of aliphatic hydroxyl groups excluding tert-OH is 2. The van der Waals surface area contributed by atoms with Crippen LogP contribution in [-0.2, 0) is 6.18 Å². The van der Waals surface area contributed by atoms with Crippen LogP contribution in [0.25, 0.3) is 0 Å². The lowest BCUT2D eigenvalue weighted by atomic mass is 10.1. The highest BCUT2D eigenvalue weighted by Gasteiger charge is 2.34. The number of benzene rings is 1. The van der Waals surface area contributed by atoms with Crippen LogP contribution >= 0.6 is 0 Å². The van der Waals surface area contributed by atoms with Crippen LogP contribution < -0.4 is 4.74 Å². The molecule has 0 aliphatic rings. The van der Waals surface area contributed by atoms with Gasteiger partial charge in [-0.3, -0.25) is 0 Å². The number of hydrogen-bond acceptors (Lipinski definition) is 3. The van der Waals surface area contributed by atoms with E-state index in [2.05, 4.69) is 4.74 Å². The largest absolute Gasteiger partial charge is 0.496 e. The van der Waals surface area contributed by atoms with Crippen LogP contribution in [-0.4, -0.2) is 23.9 Å². The quantitative estimate of drug-likeness (QED) is 0.840. The molecule has 0 saturated heterocycles. The van der Waals surface area contributed by atoms with Crippen molar-refractivity contribution in [2.75, 3.05) is 13.7 Å². The third-order valence-electron chi connectivity index (χ3n) is 2.09. The van der Waals surface area contributed by atoms with Crippen LogP contribution in [0.5, 0.6) is 5.75 Å². The summed E-state index contributed by atoms with van der Waals surface area (Å²) >= 11 is 0. The summed E-state index contributed by atoms with van der Waals surface area (Å²) < 4.78 is 42.3. The standard InChI is InChI=1S/C10H11F3O3/c1-16-9-3-2-6(8(15)5-14)4-7(9)10(11,12)13/h2-4,8,14-15H,5H2,1H3. The molecule has 0 radical (unpaired) electrons. The molecule has 0 aliphatic heterocycles. The first-order valence-electron chi connectivity index (χ1n) is 4.44. The summed E-state index contributed by atoms with van der Waals surface area (Å²) in [7, 11) is 1.13. The zero-order valence-corrected chi connectivity index (χ0v) is 8.45. The molecule has 1 aromatic rings. The SMILES string of the molecule is COc1ccc(C(O)CO)cc1C(F)(F)F. The first-order chi connectivity index (χ1) is 7.40. The molecule has 2 N–H and O–H groups in total. The Morgan fingerprint density at radius 2 is 2.00 bits per heavy atom. The smallest absolute Gasteiger partial charge is 0.419 e. The lowest BCUT2D eigenvalue weighted by Gasteiger charge is -2.15. The Morgan fingerprint density at radius 3 is 2.44 bits per heavy atom. The van der Waals surface area contributed by atoms with E-state index in [9.17, 15) is 18.3 Å². The van der Waals surface area contributed by atoms with Gasteiger partial charge < -0.3 is 14.9 Å². The number of rotatable bonds is 3. The van der Waals surface area contributed by atoms with E-state index in [0.29, 0.717) is 0 Å². The number of alkyl halides is 3. The van der Waals surface area contributed by atoms with E-state index >= 15 is 0 Å². The Hall–Kier alpha value is -1.27. The lowest BCUT2D eigenvalue weighted by Crippen LogP contribution is -2.10. The van der Waals surface area contributed by atoms with E-state index in [1.54, 1.807) is 0 Å². The van der Waals surface area contributed by atoms with Gasteiger partial charge in [0.15, 0.2) is 0 Å². The molecule has 0 fully saturated rings. The molecular formula is C10H11F3O3. The molecule has 1 unspecified atom stereocenters. The monoisotopic (exact) mass is 236 g/mol. The molecule has 0 amide bonds. The van der Waals surface area contributed by atoms with Crippen LogP contribution in [0.4, 0.5) is 13.2 Å². The van der Waals surface area contributed by atoms with Gasteiger partial charge in [0, 0.05) is 0 Å². The normalized spacial score (nSPS) is 13.6. The van der Waals surface area contributed by atoms with E-state index in [1.165, 1.54) is 6.07 Å². The minimum Gasteiger partial charge on any atom is -0.496 e. The molecule has 0 spiro atoms. The molecule has 0 aliphatic carbocycles. The number of hydrogen-bond donors (Lipinski definition) is 2. The molecule has 3 nitrogen and oxygen atoms in total. The Morgan fingerprint density at radius 1 is 1.38 bits per heavy atom. The van der Waals surface area contributed by atoms with Gasteiger partial charge in [0.2, 0.25) is 0 Å². The highest BCUT2D eigenvalue weighted by molar-refractivity contribution is 5.40. The van der Waals surface area contributed by atoms with E-state index in [4.69, 9.17) is 5.11 Å². The molecule has 0 aromatic heterocycles. The average Bonchev–Trinajstić information content (AvgIpc) is 2.26. The molecule has 1 aromatic carbocycles. The van der Waals surface area contributed by atoms with E-state index in [0.717, 1.165) is 19.2 Å². The Bertz CT molecular complexity index is 363. The summed E-state index contributed by atoms with van der Waals surface area (Å²) in [6.07, 6.45) is -5.89. The minimum absolute atomic E-state index is 0.00405. The molecule has 6 heteroatoms. The van der Waals surface area contributed by atoms with Crippen molar-refractivity contribution in [3.8, 4) is 5.75 Å². The second kappa shape index (κ2) is 4.71. The summed E-state index contributed by atoms with van der Waals surface area (Å²) in [6.45, 7) is -0.635. The Kier molecular flexibility index (Phi) is 3.77. The van der Waals surface area contributed by atoms with Crippen molar-refractivity contribution >= 4 is 0 Å². The van der Waals surface area contributed by atoms with Gasteiger partial charge in [0.05, 0.1) is 19.3 Å². The zero-order chi connectivity index (χ0) is 12.3. The van der Waals surface area contributed by atoms with E-state index < -0.39 is 24.5 Å². The van der Waals surface area contributed by atoms with Gasteiger partial charge >= 0.3 is 6.18 Å². The van der Waals surface area contributed by atoms with Gasteiger partial charge in [-0.05, 0) is 17.7 Å². The Labute approximate surface area is 90.1 Å². The van der Waals surface area contributed by atoms with Crippen LogP contribution in [0.2, 0.25) is 0 Å². The number of aliphatic hydroxyl groups is 2. The minimum atomic E-state index is -4.56. The highest BCUT2D eigenvalue weighted by Crippen LogP contribution is 2.37. The Balaban J connectivity index is 3.22. The summed E-state index contributed by atoms with van der Waals surface area (Å²) in [4.78, 5) is 0. The van der Waals surface area contributed by atoms with Gasteiger partial charge in [0.25, 0.3) is 0 Å². The summed E-state index contributed by atoms with van der Waals surface area (Å²) in [5.74, 6) is -0.318.